The highest BCUT2D eigenvalue weighted by Crippen LogP contribution is 2.08. The van der Waals surface area contributed by atoms with Crippen molar-refractivity contribution in [3.8, 4) is 0 Å². The lowest BCUT2D eigenvalue weighted by molar-refractivity contribution is 0.0638. The van der Waals surface area contributed by atoms with Gasteiger partial charge < -0.3 is 10.1 Å². The molecule has 0 aromatic heterocycles. The summed E-state index contributed by atoms with van der Waals surface area (Å²) >= 11 is 0. The van der Waals surface area contributed by atoms with E-state index >= 15 is 0 Å². The molecule has 1 rings (SSSR count). The number of piperazine rings is 1. The summed E-state index contributed by atoms with van der Waals surface area (Å²) < 4.78 is 5.73. The maximum atomic E-state index is 5.73. The zero-order valence-electron chi connectivity index (χ0n) is 14.7. The van der Waals surface area contributed by atoms with Crippen LogP contribution in [-0.4, -0.2) is 74.9 Å². The molecule has 0 aromatic rings. The van der Waals surface area contributed by atoms with Crippen LogP contribution in [0.15, 0.2) is 0 Å². The number of hydrogen-bond acceptors (Lipinski definition) is 4. The van der Waals surface area contributed by atoms with Crippen molar-refractivity contribution in [2.24, 2.45) is 5.92 Å². The molecule has 128 valence electrons. The Hall–Kier alpha value is -0.160. The first-order chi connectivity index (χ1) is 10.2. The molecule has 0 aliphatic carbocycles. The quantitative estimate of drug-likeness (QED) is 0.593. The van der Waals surface area contributed by atoms with E-state index in [9.17, 15) is 0 Å². The van der Waals surface area contributed by atoms with E-state index in [0.29, 0.717) is 0 Å². The van der Waals surface area contributed by atoms with E-state index in [-0.39, 0.29) is 1.43 Å². The lowest BCUT2D eigenvalue weighted by Gasteiger charge is -2.37. The lowest BCUT2D eigenvalue weighted by atomic mass is 10.1. The fourth-order valence-electron chi connectivity index (χ4n) is 2.62. The van der Waals surface area contributed by atoms with Crippen LogP contribution in [0.5, 0.6) is 0 Å². The van der Waals surface area contributed by atoms with Gasteiger partial charge in [-0.2, -0.15) is 0 Å². The number of ether oxygens (including phenoxy) is 1. The smallest absolute Gasteiger partial charge is 0.0594 e. The predicted molar refractivity (Wildman–Crippen MR) is 93.0 cm³/mol. The van der Waals surface area contributed by atoms with E-state index in [0.717, 1.165) is 44.8 Å². The average Bonchev–Trinajstić information content (AvgIpc) is 2.53. The minimum Gasteiger partial charge on any atom is -0.379 e. The Kier molecular flexibility index (Phi) is 10.3. The van der Waals surface area contributed by atoms with E-state index in [1.54, 1.807) is 0 Å². The minimum absolute atomic E-state index is 0. The van der Waals surface area contributed by atoms with E-state index in [1.807, 2.05) is 0 Å². The van der Waals surface area contributed by atoms with Crippen molar-refractivity contribution in [3.63, 3.8) is 0 Å². The normalized spacial score (nSPS) is 20.6. The summed E-state index contributed by atoms with van der Waals surface area (Å²) in [6.07, 6.45) is 2.50. The summed E-state index contributed by atoms with van der Waals surface area (Å²) in [6, 6.07) is 0.736. The molecule has 21 heavy (non-hydrogen) atoms. The van der Waals surface area contributed by atoms with Crippen molar-refractivity contribution >= 4 is 0 Å². The molecule has 1 aliphatic heterocycles. The Morgan fingerprint density at radius 2 is 1.76 bits per heavy atom. The Morgan fingerprint density at radius 1 is 1.05 bits per heavy atom. The van der Waals surface area contributed by atoms with Crippen molar-refractivity contribution in [2.75, 3.05) is 59.0 Å². The van der Waals surface area contributed by atoms with Crippen LogP contribution in [0.25, 0.3) is 0 Å². The molecule has 1 aliphatic rings. The highest BCUT2D eigenvalue weighted by molar-refractivity contribution is 4.75. The Bertz CT molecular complexity index is 248. The van der Waals surface area contributed by atoms with Gasteiger partial charge in [-0.05, 0) is 25.8 Å². The van der Waals surface area contributed by atoms with Gasteiger partial charge in [0.1, 0.15) is 0 Å². The predicted octanol–water partition coefficient (Wildman–Crippen LogP) is 2.30. The second-order valence-electron chi connectivity index (χ2n) is 6.46. The first kappa shape index (κ1) is 18.9. The third kappa shape index (κ3) is 8.15. The van der Waals surface area contributed by atoms with Gasteiger partial charge >= 0.3 is 0 Å². The third-order valence-corrected chi connectivity index (χ3v) is 4.79. The van der Waals surface area contributed by atoms with E-state index in [1.165, 1.54) is 39.0 Å². The van der Waals surface area contributed by atoms with Gasteiger partial charge in [0, 0.05) is 46.7 Å². The van der Waals surface area contributed by atoms with Crippen LogP contribution in [0.3, 0.4) is 0 Å². The number of hydrogen-bond donors (Lipinski definition) is 1. The molecule has 0 amide bonds. The molecule has 1 N–H and O–H groups in total. The summed E-state index contributed by atoms with van der Waals surface area (Å²) in [4.78, 5) is 5.14. The van der Waals surface area contributed by atoms with Crippen LogP contribution >= 0.6 is 0 Å². The zero-order valence-corrected chi connectivity index (χ0v) is 14.7. The first-order valence-electron chi connectivity index (χ1n) is 8.92. The molecule has 4 heteroatoms. The molecule has 2 unspecified atom stereocenters. The molecule has 1 fully saturated rings. The fourth-order valence-corrected chi connectivity index (χ4v) is 2.62. The lowest BCUT2D eigenvalue weighted by Crippen LogP contribution is -2.50. The molecular formula is C17H39N3O. The van der Waals surface area contributed by atoms with Gasteiger partial charge in [0.2, 0.25) is 0 Å². The Balaban J connectivity index is 0.00000441. The Morgan fingerprint density at radius 3 is 2.38 bits per heavy atom. The van der Waals surface area contributed by atoms with E-state index in [2.05, 4.69) is 42.8 Å². The molecule has 1 heterocycles. The van der Waals surface area contributed by atoms with Gasteiger partial charge in [-0.1, -0.05) is 27.2 Å². The number of nitrogens with zero attached hydrogens (tertiary/aromatic N) is 2. The average molecular weight is 302 g/mol. The van der Waals surface area contributed by atoms with Crippen LogP contribution in [-0.2, 0) is 4.74 Å². The van der Waals surface area contributed by atoms with Crippen LogP contribution in [0.1, 0.15) is 42.0 Å². The maximum Gasteiger partial charge on any atom is 0.0594 e. The van der Waals surface area contributed by atoms with E-state index < -0.39 is 0 Å². The summed E-state index contributed by atoms with van der Waals surface area (Å²) in [5, 5.41) is 3.45. The second-order valence-corrected chi connectivity index (χ2v) is 6.46. The molecule has 0 aromatic carbocycles. The van der Waals surface area contributed by atoms with Gasteiger partial charge in [-0.3, -0.25) is 9.80 Å². The van der Waals surface area contributed by atoms with Gasteiger partial charge in [-0.25, -0.2) is 0 Å². The molecule has 0 spiro atoms. The summed E-state index contributed by atoms with van der Waals surface area (Å²) in [5.74, 6) is 0.770. The zero-order chi connectivity index (χ0) is 15.5. The minimum atomic E-state index is 0. The SMILES string of the molecule is CCC(C)CNCCOCCN1CCN(C(C)CC)CC1.[HH]. The molecule has 1 saturated heterocycles. The monoisotopic (exact) mass is 301 g/mol. The molecule has 0 radical (unpaired) electrons. The van der Waals surface area contributed by atoms with Gasteiger partial charge in [0.05, 0.1) is 13.2 Å². The largest absolute Gasteiger partial charge is 0.379 e. The Labute approximate surface area is 133 Å². The van der Waals surface area contributed by atoms with Crippen molar-refractivity contribution in [2.45, 2.75) is 46.6 Å². The third-order valence-electron chi connectivity index (χ3n) is 4.79. The van der Waals surface area contributed by atoms with Crippen molar-refractivity contribution in [1.29, 1.82) is 0 Å². The highest BCUT2D eigenvalue weighted by atomic mass is 16.5. The van der Waals surface area contributed by atoms with Gasteiger partial charge in [0.25, 0.3) is 0 Å². The van der Waals surface area contributed by atoms with E-state index in [4.69, 9.17) is 4.74 Å². The summed E-state index contributed by atoms with van der Waals surface area (Å²) in [6.45, 7) is 18.8. The number of nitrogens with one attached hydrogen (secondary N) is 1. The number of rotatable bonds is 11. The summed E-state index contributed by atoms with van der Waals surface area (Å²) in [5.41, 5.74) is 0. The van der Waals surface area contributed by atoms with Crippen LogP contribution < -0.4 is 5.32 Å². The van der Waals surface area contributed by atoms with Crippen molar-refractivity contribution in [1.82, 2.24) is 15.1 Å². The van der Waals surface area contributed by atoms with Crippen LogP contribution in [0.2, 0.25) is 0 Å². The van der Waals surface area contributed by atoms with Gasteiger partial charge in [0.15, 0.2) is 0 Å². The molecule has 0 saturated carbocycles. The molecule has 0 bridgehead atoms. The highest BCUT2D eigenvalue weighted by Gasteiger charge is 2.19. The summed E-state index contributed by atoms with van der Waals surface area (Å²) in [7, 11) is 0. The fraction of sp³-hybridized carbons (Fsp3) is 1.00. The van der Waals surface area contributed by atoms with Crippen molar-refractivity contribution in [3.05, 3.63) is 0 Å². The van der Waals surface area contributed by atoms with Crippen molar-refractivity contribution < 1.29 is 6.16 Å². The maximum absolute atomic E-state index is 5.73. The molecular weight excluding hydrogens is 262 g/mol. The van der Waals surface area contributed by atoms with Crippen LogP contribution in [0, 0.1) is 5.92 Å². The van der Waals surface area contributed by atoms with Crippen LogP contribution in [0.4, 0.5) is 0 Å². The standard InChI is InChI=1S/C17H37N3O.H2/c1-5-16(3)15-18-7-13-21-14-12-19-8-10-20(11-9-19)17(4)6-2;/h16-18H,5-15H2,1-4H3;1H. The first-order valence-corrected chi connectivity index (χ1v) is 8.92. The topological polar surface area (TPSA) is 27.7 Å². The van der Waals surface area contributed by atoms with Gasteiger partial charge in [-0.15, -0.1) is 0 Å². The molecule has 2 atom stereocenters. The molecule has 4 nitrogen and oxygen atoms in total. The second kappa shape index (κ2) is 11.4.